The van der Waals surface area contributed by atoms with Crippen LogP contribution >= 0.6 is 11.8 Å². The van der Waals surface area contributed by atoms with E-state index in [1.165, 1.54) is 0 Å². The Labute approximate surface area is 77.9 Å². The zero-order valence-electron chi connectivity index (χ0n) is 7.51. The second-order valence-corrected chi connectivity index (χ2v) is 3.51. The van der Waals surface area contributed by atoms with E-state index in [0.29, 0.717) is 13.0 Å². The Hall–Kier alpha value is -0.220. The van der Waals surface area contributed by atoms with Crippen molar-refractivity contribution in [1.29, 1.82) is 0 Å². The molecule has 0 aliphatic rings. The Morgan fingerprint density at radius 3 is 2.83 bits per heavy atom. The highest BCUT2D eigenvalue weighted by Crippen LogP contribution is 1.94. The number of carbonyl (C=O) groups is 1. The lowest BCUT2D eigenvalue weighted by atomic mass is 10.3. The summed E-state index contributed by atoms with van der Waals surface area (Å²) in [6.45, 7) is 0.897. The van der Waals surface area contributed by atoms with Crippen molar-refractivity contribution >= 4 is 17.7 Å². The number of hydrogen-bond donors (Lipinski definition) is 2. The van der Waals surface area contributed by atoms with Crippen molar-refractivity contribution in [3.63, 3.8) is 0 Å². The van der Waals surface area contributed by atoms with Crippen LogP contribution in [0.15, 0.2) is 0 Å². The Bertz CT molecular complexity index is 120. The fourth-order valence-electron chi connectivity index (χ4n) is 0.748. The third-order valence-corrected chi connectivity index (χ3v) is 2.05. The number of unbranched alkanes of at least 4 members (excludes halogenated alkanes) is 1. The molecule has 0 radical (unpaired) electrons. The minimum atomic E-state index is 0.113. The Balaban J connectivity index is 3.08. The van der Waals surface area contributed by atoms with Crippen LogP contribution in [0.3, 0.4) is 0 Å². The lowest BCUT2D eigenvalue weighted by Gasteiger charge is -2.02. The summed E-state index contributed by atoms with van der Waals surface area (Å²) in [4.78, 5) is 11.0. The summed E-state index contributed by atoms with van der Waals surface area (Å²) in [5.74, 6) is 0.994. The highest BCUT2D eigenvalue weighted by atomic mass is 32.2. The molecule has 0 fully saturated rings. The second kappa shape index (κ2) is 8.87. The van der Waals surface area contributed by atoms with Crippen molar-refractivity contribution in [2.75, 3.05) is 25.2 Å². The van der Waals surface area contributed by atoms with Gasteiger partial charge in [0.2, 0.25) is 5.91 Å². The van der Waals surface area contributed by atoms with E-state index in [4.69, 9.17) is 5.11 Å². The van der Waals surface area contributed by atoms with Crippen LogP contribution in [-0.4, -0.2) is 36.2 Å². The van der Waals surface area contributed by atoms with Gasteiger partial charge < -0.3 is 10.4 Å². The minimum absolute atomic E-state index is 0.113. The normalized spacial score (nSPS) is 9.83. The number of amides is 1. The molecule has 0 saturated carbocycles. The molecule has 0 bridgehead atoms. The molecule has 0 aromatic heterocycles. The summed E-state index contributed by atoms with van der Waals surface area (Å²) in [6, 6.07) is 0. The summed E-state index contributed by atoms with van der Waals surface area (Å²) in [5.41, 5.74) is 0. The van der Waals surface area contributed by atoms with Crippen LogP contribution < -0.4 is 5.32 Å². The predicted octanol–water partition coefficient (Wildman–Crippen LogP) is 0.628. The van der Waals surface area contributed by atoms with E-state index < -0.39 is 0 Å². The lowest BCUT2D eigenvalue weighted by Crippen LogP contribution is -2.24. The summed E-state index contributed by atoms with van der Waals surface area (Å²) in [7, 11) is 0. The molecule has 0 heterocycles. The molecule has 1 amide bonds. The molecule has 12 heavy (non-hydrogen) atoms. The molecule has 0 aromatic rings. The van der Waals surface area contributed by atoms with Gasteiger partial charge >= 0.3 is 0 Å². The number of aliphatic hydroxyl groups excluding tert-OH is 1. The van der Waals surface area contributed by atoms with E-state index in [1.54, 1.807) is 11.8 Å². The minimum Gasteiger partial charge on any atom is -0.396 e. The molecule has 0 aromatic carbocycles. The first-order chi connectivity index (χ1) is 5.81. The van der Waals surface area contributed by atoms with Crippen molar-refractivity contribution in [2.24, 2.45) is 0 Å². The summed E-state index contributed by atoms with van der Waals surface area (Å²) < 4.78 is 0. The highest BCUT2D eigenvalue weighted by Gasteiger charge is 1.97. The third kappa shape index (κ3) is 7.88. The molecule has 0 saturated heterocycles. The number of thioether (sulfide) groups is 1. The second-order valence-electron chi connectivity index (χ2n) is 2.52. The van der Waals surface area contributed by atoms with E-state index in [9.17, 15) is 4.79 Å². The summed E-state index contributed by atoms with van der Waals surface area (Å²) >= 11 is 1.67. The van der Waals surface area contributed by atoms with Crippen LogP contribution in [0, 0.1) is 0 Å². The number of carbonyl (C=O) groups excluding carboxylic acids is 1. The first-order valence-electron chi connectivity index (χ1n) is 4.17. The predicted molar refractivity (Wildman–Crippen MR) is 52.3 cm³/mol. The Kier molecular flexibility index (Phi) is 8.71. The van der Waals surface area contributed by atoms with Crippen LogP contribution in [0.1, 0.15) is 19.3 Å². The largest absolute Gasteiger partial charge is 0.396 e. The first kappa shape index (κ1) is 11.8. The topological polar surface area (TPSA) is 49.3 Å². The molecule has 0 atom stereocenters. The van der Waals surface area contributed by atoms with E-state index in [-0.39, 0.29) is 12.5 Å². The first-order valence-corrected chi connectivity index (χ1v) is 5.57. The monoisotopic (exact) mass is 191 g/mol. The quantitative estimate of drug-likeness (QED) is 0.580. The van der Waals surface area contributed by atoms with Crippen molar-refractivity contribution in [1.82, 2.24) is 5.32 Å². The Morgan fingerprint density at radius 1 is 1.50 bits per heavy atom. The average molecular weight is 191 g/mol. The van der Waals surface area contributed by atoms with Crippen molar-refractivity contribution < 1.29 is 9.90 Å². The Morgan fingerprint density at radius 2 is 2.25 bits per heavy atom. The fraction of sp³-hybridized carbons (Fsp3) is 0.875. The number of aliphatic hydroxyl groups is 1. The van der Waals surface area contributed by atoms with Gasteiger partial charge in [-0.1, -0.05) is 0 Å². The maximum Gasteiger partial charge on any atom is 0.220 e. The third-order valence-electron chi connectivity index (χ3n) is 1.44. The number of hydrogen-bond acceptors (Lipinski definition) is 3. The summed E-state index contributed by atoms with van der Waals surface area (Å²) in [6.07, 6.45) is 4.21. The van der Waals surface area contributed by atoms with Gasteiger partial charge in [0.25, 0.3) is 0 Å². The van der Waals surface area contributed by atoms with Gasteiger partial charge in [0.1, 0.15) is 0 Å². The molecule has 0 spiro atoms. The number of rotatable bonds is 7. The molecule has 0 unspecified atom stereocenters. The zero-order chi connectivity index (χ0) is 9.23. The standard InChI is InChI=1S/C8H17NO2S/c1-12-7-4-8(11)9-5-2-3-6-10/h10H,2-7H2,1H3,(H,9,11). The summed E-state index contributed by atoms with van der Waals surface area (Å²) in [5, 5.41) is 11.2. The zero-order valence-corrected chi connectivity index (χ0v) is 8.32. The van der Waals surface area contributed by atoms with Gasteiger partial charge in [0.05, 0.1) is 0 Å². The SMILES string of the molecule is CSCCC(=O)NCCCCO. The van der Waals surface area contributed by atoms with Crippen molar-refractivity contribution in [2.45, 2.75) is 19.3 Å². The van der Waals surface area contributed by atoms with Gasteiger partial charge in [0, 0.05) is 25.3 Å². The fourth-order valence-corrected chi connectivity index (χ4v) is 1.14. The van der Waals surface area contributed by atoms with Gasteiger partial charge in [0.15, 0.2) is 0 Å². The van der Waals surface area contributed by atoms with Crippen LogP contribution in [0.25, 0.3) is 0 Å². The van der Waals surface area contributed by atoms with Gasteiger partial charge in [-0.15, -0.1) is 0 Å². The van der Waals surface area contributed by atoms with Crippen LogP contribution in [-0.2, 0) is 4.79 Å². The molecule has 0 aliphatic heterocycles. The molecule has 0 rings (SSSR count). The smallest absolute Gasteiger partial charge is 0.220 e. The molecule has 2 N–H and O–H groups in total. The maximum absolute atomic E-state index is 11.0. The molecular formula is C8H17NO2S. The molecular weight excluding hydrogens is 174 g/mol. The van der Waals surface area contributed by atoms with E-state index in [1.807, 2.05) is 6.26 Å². The van der Waals surface area contributed by atoms with Crippen LogP contribution in [0.5, 0.6) is 0 Å². The van der Waals surface area contributed by atoms with Gasteiger partial charge in [-0.05, 0) is 19.1 Å². The van der Waals surface area contributed by atoms with Gasteiger partial charge in [-0.25, -0.2) is 0 Å². The average Bonchev–Trinajstić information content (AvgIpc) is 2.09. The van der Waals surface area contributed by atoms with Gasteiger partial charge in [-0.3, -0.25) is 4.79 Å². The van der Waals surface area contributed by atoms with E-state index in [2.05, 4.69) is 5.32 Å². The van der Waals surface area contributed by atoms with Crippen LogP contribution in [0.2, 0.25) is 0 Å². The highest BCUT2D eigenvalue weighted by molar-refractivity contribution is 7.98. The molecule has 72 valence electrons. The van der Waals surface area contributed by atoms with Gasteiger partial charge in [-0.2, -0.15) is 11.8 Å². The molecule has 3 nitrogen and oxygen atoms in total. The van der Waals surface area contributed by atoms with Crippen molar-refractivity contribution in [3.05, 3.63) is 0 Å². The molecule has 4 heteroatoms. The van der Waals surface area contributed by atoms with E-state index >= 15 is 0 Å². The molecule has 0 aliphatic carbocycles. The maximum atomic E-state index is 11.0. The van der Waals surface area contributed by atoms with Crippen molar-refractivity contribution in [3.8, 4) is 0 Å². The van der Waals surface area contributed by atoms with Crippen LogP contribution in [0.4, 0.5) is 0 Å². The lowest BCUT2D eigenvalue weighted by molar-refractivity contribution is -0.120. The number of nitrogens with one attached hydrogen (secondary N) is 1. The van der Waals surface area contributed by atoms with E-state index in [0.717, 1.165) is 18.6 Å².